The quantitative estimate of drug-likeness (QED) is 0.438. The molecule has 0 saturated heterocycles. The summed E-state index contributed by atoms with van der Waals surface area (Å²) in [5.41, 5.74) is 0. The molecule has 0 radical (unpaired) electrons. The molecule has 0 spiro atoms. The maximum Gasteiger partial charge on any atom is 1.00 e. The van der Waals surface area contributed by atoms with Gasteiger partial charge >= 0.3 is 18.9 Å². The van der Waals surface area contributed by atoms with Crippen LogP contribution in [0.1, 0.15) is 0 Å². The first kappa shape index (κ1) is 12.8. The number of hydrogen-bond donors (Lipinski definition) is 0. The molecular formula is C12H11LiO. The van der Waals surface area contributed by atoms with E-state index in [1.54, 1.807) is 12.2 Å². The summed E-state index contributed by atoms with van der Waals surface area (Å²) in [6.45, 7) is 0. The molecule has 0 aliphatic heterocycles. The third kappa shape index (κ3) is 6.36. The van der Waals surface area contributed by atoms with Crippen LogP contribution in [0.3, 0.4) is 0 Å². The first-order valence-electron chi connectivity index (χ1n) is 4.11. The molecule has 0 aromatic heterocycles. The van der Waals surface area contributed by atoms with Crippen LogP contribution in [-0.2, 0) is 0 Å². The minimum absolute atomic E-state index is 0. The fraction of sp³-hybridized carbons (Fsp3) is 0. The Morgan fingerprint density at radius 1 is 0.643 bits per heavy atom. The van der Waals surface area contributed by atoms with Gasteiger partial charge in [0, 0.05) is 0 Å². The normalized spacial score (nSPS) is 30.4. The average molecular weight is 178 g/mol. The van der Waals surface area contributed by atoms with Gasteiger partial charge in [-0.1, -0.05) is 66.8 Å². The summed E-state index contributed by atoms with van der Waals surface area (Å²) in [5.74, 6) is -0.00106. The molecule has 0 saturated carbocycles. The molecule has 66 valence electrons. The van der Waals surface area contributed by atoms with Gasteiger partial charge in [0.05, 0.1) is 0 Å². The van der Waals surface area contributed by atoms with E-state index in [0.717, 1.165) is 0 Å². The van der Waals surface area contributed by atoms with E-state index in [1.165, 1.54) is 12.2 Å². The molecule has 0 fully saturated rings. The van der Waals surface area contributed by atoms with Gasteiger partial charge in [-0.25, -0.2) is 0 Å². The molecule has 0 heterocycles. The monoisotopic (exact) mass is 178 g/mol. The van der Waals surface area contributed by atoms with E-state index in [4.69, 9.17) is 0 Å². The van der Waals surface area contributed by atoms with Crippen LogP contribution < -0.4 is 24.0 Å². The molecule has 0 aromatic carbocycles. The van der Waals surface area contributed by atoms with Crippen molar-refractivity contribution in [1.29, 1.82) is 0 Å². The standard InChI is InChI=1S/C12H12O.Li/c13-12-10-8-6-4-2-1-3-5-7-9-11-12;/h1-11,13H;/q;+1/p-1/b2-1-,3-1?,4-2?,5-3-,6-4-,7-5?,8-6?,9-7-,10-8-,11-9?,12-10?,12-11+;. The van der Waals surface area contributed by atoms with Crippen molar-refractivity contribution in [2.75, 3.05) is 0 Å². The Balaban J connectivity index is 0.00000169. The van der Waals surface area contributed by atoms with Crippen LogP contribution in [0.15, 0.2) is 72.6 Å². The summed E-state index contributed by atoms with van der Waals surface area (Å²) in [5, 5.41) is 11.0. The number of allylic oxidation sites excluding steroid dienone is 11. The second-order valence-electron chi connectivity index (χ2n) is 2.47. The Bertz CT molecular complexity index is 317. The molecule has 0 atom stereocenters. The smallest absolute Gasteiger partial charge is 0.872 e. The minimum Gasteiger partial charge on any atom is -0.872 e. The molecule has 1 nitrogen and oxygen atoms in total. The first-order chi connectivity index (χ1) is 6.39. The molecule has 1 aliphatic carbocycles. The molecule has 14 heavy (non-hydrogen) atoms. The maximum atomic E-state index is 11.0. The van der Waals surface area contributed by atoms with Crippen molar-refractivity contribution in [2.24, 2.45) is 0 Å². The zero-order valence-corrected chi connectivity index (χ0v) is 8.26. The summed E-state index contributed by atoms with van der Waals surface area (Å²) in [6, 6.07) is 0. The summed E-state index contributed by atoms with van der Waals surface area (Å²) < 4.78 is 0. The molecule has 1 aliphatic rings. The predicted molar refractivity (Wildman–Crippen MR) is 53.8 cm³/mol. The van der Waals surface area contributed by atoms with E-state index in [1.807, 2.05) is 42.5 Å². The summed E-state index contributed by atoms with van der Waals surface area (Å²) in [7, 11) is 0. The van der Waals surface area contributed by atoms with Crippen LogP contribution in [0.2, 0.25) is 0 Å². The molecule has 0 aromatic rings. The van der Waals surface area contributed by atoms with Gasteiger partial charge in [0.15, 0.2) is 0 Å². The summed E-state index contributed by atoms with van der Waals surface area (Å²) in [6.07, 6.45) is 19.6. The van der Waals surface area contributed by atoms with E-state index in [2.05, 4.69) is 0 Å². The average Bonchev–Trinajstić information content (AvgIpc) is 2.11. The van der Waals surface area contributed by atoms with Crippen molar-refractivity contribution in [1.82, 2.24) is 0 Å². The van der Waals surface area contributed by atoms with Crippen molar-refractivity contribution in [3.8, 4) is 0 Å². The van der Waals surface area contributed by atoms with Crippen LogP contribution in [0.4, 0.5) is 0 Å². The Labute approximate surface area is 96.7 Å². The maximum absolute atomic E-state index is 11.0. The van der Waals surface area contributed by atoms with Crippen LogP contribution in [-0.4, -0.2) is 0 Å². The van der Waals surface area contributed by atoms with E-state index in [0.29, 0.717) is 0 Å². The first-order valence-corrected chi connectivity index (χ1v) is 4.11. The zero-order valence-electron chi connectivity index (χ0n) is 8.26. The number of rotatable bonds is 0. The minimum atomic E-state index is -0.00106. The van der Waals surface area contributed by atoms with Crippen LogP contribution in [0.5, 0.6) is 0 Å². The fourth-order valence-electron chi connectivity index (χ4n) is 0.805. The Hall–Kier alpha value is -1.16. The SMILES string of the molecule is [Li+].[O-]C1=C/C=C\C=C/C=C\C=C/C=C\1. The second-order valence-corrected chi connectivity index (χ2v) is 2.47. The van der Waals surface area contributed by atoms with Crippen molar-refractivity contribution >= 4 is 0 Å². The van der Waals surface area contributed by atoms with Gasteiger partial charge in [-0.05, 0) is 0 Å². The van der Waals surface area contributed by atoms with Gasteiger partial charge in [-0.3, -0.25) is 0 Å². The van der Waals surface area contributed by atoms with Gasteiger partial charge in [0.1, 0.15) is 0 Å². The molecule has 0 bridgehead atoms. The van der Waals surface area contributed by atoms with Crippen LogP contribution in [0, 0.1) is 0 Å². The Kier molecular flexibility index (Phi) is 7.74. The predicted octanol–water partition coefficient (Wildman–Crippen LogP) is -0.971. The largest absolute Gasteiger partial charge is 1.00 e. The van der Waals surface area contributed by atoms with Gasteiger partial charge in [-0.2, -0.15) is 0 Å². The molecule has 0 unspecified atom stereocenters. The van der Waals surface area contributed by atoms with Gasteiger partial charge in [0.2, 0.25) is 0 Å². The summed E-state index contributed by atoms with van der Waals surface area (Å²) in [4.78, 5) is 0. The number of hydrogen-bond acceptors (Lipinski definition) is 1. The van der Waals surface area contributed by atoms with Crippen molar-refractivity contribution in [2.45, 2.75) is 0 Å². The van der Waals surface area contributed by atoms with Crippen LogP contribution >= 0.6 is 0 Å². The van der Waals surface area contributed by atoms with Crippen molar-refractivity contribution in [3.63, 3.8) is 0 Å². The molecule has 2 heteroatoms. The Morgan fingerprint density at radius 2 is 1.07 bits per heavy atom. The van der Waals surface area contributed by atoms with Crippen LogP contribution in [0.25, 0.3) is 0 Å². The van der Waals surface area contributed by atoms with Crippen molar-refractivity contribution in [3.05, 3.63) is 72.6 Å². The molecule has 0 amide bonds. The van der Waals surface area contributed by atoms with E-state index < -0.39 is 0 Å². The fourth-order valence-corrected chi connectivity index (χ4v) is 0.805. The van der Waals surface area contributed by atoms with Gasteiger partial charge in [0.25, 0.3) is 0 Å². The van der Waals surface area contributed by atoms with E-state index in [9.17, 15) is 5.11 Å². The third-order valence-electron chi connectivity index (χ3n) is 1.41. The molecular weight excluding hydrogens is 167 g/mol. The van der Waals surface area contributed by atoms with Crippen molar-refractivity contribution < 1.29 is 24.0 Å². The zero-order chi connectivity index (χ0) is 9.36. The van der Waals surface area contributed by atoms with Gasteiger partial charge in [-0.15, -0.1) is 5.76 Å². The topological polar surface area (TPSA) is 23.1 Å². The van der Waals surface area contributed by atoms with E-state index >= 15 is 0 Å². The molecule has 0 N–H and O–H groups in total. The van der Waals surface area contributed by atoms with E-state index in [-0.39, 0.29) is 24.6 Å². The Morgan fingerprint density at radius 3 is 1.64 bits per heavy atom. The second kappa shape index (κ2) is 8.44. The third-order valence-corrected chi connectivity index (χ3v) is 1.41. The van der Waals surface area contributed by atoms with Gasteiger partial charge < -0.3 is 5.11 Å². The molecule has 1 rings (SSSR count). The summed E-state index contributed by atoms with van der Waals surface area (Å²) >= 11 is 0.